The van der Waals surface area contributed by atoms with Crippen LogP contribution < -0.4 is 5.32 Å². The second-order valence-corrected chi connectivity index (χ2v) is 6.24. The molecule has 1 amide bonds. The molecule has 7 nitrogen and oxygen atoms in total. The molecule has 3 rings (SSSR count). The van der Waals surface area contributed by atoms with Crippen molar-refractivity contribution in [1.82, 2.24) is 14.9 Å². The molecule has 0 saturated carbocycles. The lowest BCUT2D eigenvalue weighted by Crippen LogP contribution is -2.25. The van der Waals surface area contributed by atoms with Gasteiger partial charge in [0, 0.05) is 25.2 Å². The van der Waals surface area contributed by atoms with Crippen molar-refractivity contribution in [1.29, 1.82) is 0 Å². The molecule has 134 valence electrons. The molecule has 0 aliphatic heterocycles. The van der Waals surface area contributed by atoms with Crippen molar-refractivity contribution < 1.29 is 9.72 Å². The van der Waals surface area contributed by atoms with Gasteiger partial charge in [0.25, 0.3) is 11.6 Å². The largest absolute Gasteiger partial charge is 0.352 e. The van der Waals surface area contributed by atoms with Crippen LogP contribution in [0.4, 0.5) is 5.69 Å². The van der Waals surface area contributed by atoms with Gasteiger partial charge >= 0.3 is 0 Å². The lowest BCUT2D eigenvalue weighted by molar-refractivity contribution is -0.384. The quantitative estimate of drug-likeness (QED) is 0.405. The number of hydrogen-bond acceptors (Lipinski definition) is 4. The molecule has 1 aromatic heterocycles. The molecular formula is C18H17ClN4O3. The summed E-state index contributed by atoms with van der Waals surface area (Å²) in [6, 6.07) is 11.7. The lowest BCUT2D eigenvalue weighted by atomic mass is 10.2. The number of hydrogen-bond donors (Lipinski definition) is 1. The lowest BCUT2D eigenvalue weighted by Gasteiger charge is -2.09. The van der Waals surface area contributed by atoms with Crippen LogP contribution in [0, 0.1) is 17.0 Å². The summed E-state index contributed by atoms with van der Waals surface area (Å²) in [6.45, 7) is 3.13. The zero-order valence-electron chi connectivity index (χ0n) is 14.1. The van der Waals surface area contributed by atoms with Crippen LogP contribution in [0.3, 0.4) is 0 Å². The van der Waals surface area contributed by atoms with E-state index in [2.05, 4.69) is 14.9 Å². The number of aromatic nitrogens is 2. The molecule has 0 bridgehead atoms. The standard InChI is InChI=1S/C18H17ClN4O3/c1-12-21-16-5-2-3-6-17(16)22(12)10-4-9-20-18(24)14-8-7-13(23(25)26)11-15(14)19/h2-3,5-8,11H,4,9-10H2,1H3,(H,20,24). The molecule has 3 aromatic rings. The Morgan fingerprint density at radius 3 is 2.81 bits per heavy atom. The first-order valence-electron chi connectivity index (χ1n) is 8.11. The normalized spacial score (nSPS) is 10.8. The molecule has 26 heavy (non-hydrogen) atoms. The molecule has 0 spiro atoms. The van der Waals surface area contributed by atoms with E-state index in [4.69, 9.17) is 11.6 Å². The number of benzene rings is 2. The molecule has 0 saturated heterocycles. The molecule has 0 aliphatic carbocycles. The first kappa shape index (κ1) is 17.9. The summed E-state index contributed by atoms with van der Waals surface area (Å²) in [7, 11) is 0. The minimum absolute atomic E-state index is 0.0631. The number of halogens is 1. The Morgan fingerprint density at radius 2 is 2.08 bits per heavy atom. The van der Waals surface area contributed by atoms with Crippen LogP contribution in [0.15, 0.2) is 42.5 Å². The second kappa shape index (κ2) is 7.53. The summed E-state index contributed by atoms with van der Waals surface area (Å²) in [5.74, 6) is 0.577. The van der Waals surface area contributed by atoms with Gasteiger partial charge in [-0.3, -0.25) is 14.9 Å². The smallest absolute Gasteiger partial charge is 0.270 e. The fourth-order valence-corrected chi connectivity index (χ4v) is 3.07. The molecule has 0 fully saturated rings. The summed E-state index contributed by atoms with van der Waals surface area (Å²) in [6.07, 6.45) is 0.720. The van der Waals surface area contributed by atoms with E-state index >= 15 is 0 Å². The van der Waals surface area contributed by atoms with Gasteiger partial charge in [-0.15, -0.1) is 0 Å². The Labute approximate surface area is 154 Å². The van der Waals surface area contributed by atoms with E-state index in [-0.39, 0.29) is 22.2 Å². The van der Waals surface area contributed by atoms with Gasteiger partial charge in [-0.25, -0.2) is 4.98 Å². The Hall–Kier alpha value is -2.93. The SMILES string of the molecule is Cc1nc2ccccc2n1CCCNC(=O)c1ccc([N+](=O)[O-])cc1Cl. The van der Waals surface area contributed by atoms with Crippen LogP contribution in [0.25, 0.3) is 11.0 Å². The third kappa shape index (κ3) is 3.67. The number of nitro groups is 1. The Kier molecular flexibility index (Phi) is 5.18. The van der Waals surface area contributed by atoms with Crippen molar-refractivity contribution in [3.8, 4) is 0 Å². The third-order valence-electron chi connectivity index (χ3n) is 4.10. The van der Waals surface area contributed by atoms with Crippen molar-refractivity contribution in [2.75, 3.05) is 6.54 Å². The van der Waals surface area contributed by atoms with Crippen molar-refractivity contribution in [3.63, 3.8) is 0 Å². The Morgan fingerprint density at radius 1 is 1.31 bits per heavy atom. The van der Waals surface area contributed by atoms with Gasteiger partial charge in [0.2, 0.25) is 0 Å². The molecule has 2 aromatic carbocycles. The van der Waals surface area contributed by atoms with E-state index < -0.39 is 4.92 Å². The molecular weight excluding hydrogens is 356 g/mol. The molecule has 0 unspecified atom stereocenters. The van der Waals surface area contributed by atoms with Crippen molar-refractivity contribution in [2.45, 2.75) is 19.9 Å². The summed E-state index contributed by atoms with van der Waals surface area (Å²) in [5.41, 5.74) is 2.09. The number of aryl methyl sites for hydroxylation is 2. The van der Waals surface area contributed by atoms with Crippen LogP contribution >= 0.6 is 11.6 Å². The summed E-state index contributed by atoms with van der Waals surface area (Å²) in [5, 5.41) is 13.6. The van der Waals surface area contributed by atoms with E-state index in [1.807, 2.05) is 31.2 Å². The second-order valence-electron chi connectivity index (χ2n) is 5.83. The van der Waals surface area contributed by atoms with Gasteiger partial charge in [-0.1, -0.05) is 23.7 Å². The predicted octanol–water partition coefficient (Wildman–Crippen LogP) is 3.73. The number of amides is 1. The molecule has 8 heteroatoms. The number of carbonyl (C=O) groups is 1. The average molecular weight is 373 g/mol. The number of carbonyl (C=O) groups excluding carboxylic acids is 1. The Bertz CT molecular complexity index is 984. The van der Waals surface area contributed by atoms with Crippen LogP contribution in [0.1, 0.15) is 22.6 Å². The number of nitrogens with one attached hydrogen (secondary N) is 1. The van der Waals surface area contributed by atoms with Crippen LogP contribution in [-0.4, -0.2) is 26.9 Å². The zero-order valence-corrected chi connectivity index (χ0v) is 14.9. The Balaban J connectivity index is 1.59. The minimum Gasteiger partial charge on any atom is -0.352 e. The maximum atomic E-state index is 12.2. The maximum Gasteiger partial charge on any atom is 0.270 e. The van der Waals surface area contributed by atoms with Crippen molar-refractivity contribution >= 4 is 34.2 Å². The molecule has 0 aliphatic rings. The highest BCUT2D eigenvalue weighted by atomic mass is 35.5. The molecule has 0 radical (unpaired) electrons. The summed E-state index contributed by atoms with van der Waals surface area (Å²) in [4.78, 5) is 26.9. The van der Waals surface area contributed by atoms with Crippen molar-refractivity contribution in [2.24, 2.45) is 0 Å². The topological polar surface area (TPSA) is 90.1 Å². The predicted molar refractivity (Wildman–Crippen MR) is 99.5 cm³/mol. The first-order chi connectivity index (χ1) is 12.5. The van der Waals surface area contributed by atoms with Crippen LogP contribution in [-0.2, 0) is 6.54 Å². The number of non-ortho nitro benzene ring substituents is 1. The van der Waals surface area contributed by atoms with E-state index in [1.165, 1.54) is 18.2 Å². The van der Waals surface area contributed by atoms with E-state index in [9.17, 15) is 14.9 Å². The fourth-order valence-electron chi connectivity index (χ4n) is 2.81. The maximum absolute atomic E-state index is 12.2. The highest BCUT2D eigenvalue weighted by Gasteiger charge is 2.14. The number of para-hydroxylation sites is 2. The average Bonchev–Trinajstić information content (AvgIpc) is 2.93. The van der Waals surface area contributed by atoms with Crippen LogP contribution in [0.2, 0.25) is 5.02 Å². The third-order valence-corrected chi connectivity index (χ3v) is 4.41. The summed E-state index contributed by atoms with van der Waals surface area (Å²) < 4.78 is 2.11. The van der Waals surface area contributed by atoms with E-state index in [1.54, 1.807) is 0 Å². The van der Waals surface area contributed by atoms with Gasteiger partial charge in [-0.05, 0) is 31.5 Å². The fraction of sp³-hybridized carbons (Fsp3) is 0.222. The van der Waals surface area contributed by atoms with E-state index in [0.717, 1.165) is 29.8 Å². The first-order valence-corrected chi connectivity index (χ1v) is 8.49. The monoisotopic (exact) mass is 372 g/mol. The van der Waals surface area contributed by atoms with Gasteiger partial charge in [0.05, 0.1) is 26.5 Å². The number of imidazole rings is 1. The zero-order chi connectivity index (χ0) is 18.7. The van der Waals surface area contributed by atoms with Gasteiger partial charge < -0.3 is 9.88 Å². The number of rotatable bonds is 6. The van der Waals surface area contributed by atoms with Gasteiger partial charge in [-0.2, -0.15) is 0 Å². The molecule has 0 atom stereocenters. The molecule has 1 N–H and O–H groups in total. The highest BCUT2D eigenvalue weighted by Crippen LogP contribution is 2.22. The number of nitrogens with zero attached hydrogens (tertiary/aromatic N) is 3. The summed E-state index contributed by atoms with van der Waals surface area (Å²) >= 11 is 5.97. The molecule has 1 heterocycles. The van der Waals surface area contributed by atoms with Gasteiger partial charge in [0.1, 0.15) is 5.82 Å². The van der Waals surface area contributed by atoms with E-state index in [0.29, 0.717) is 6.54 Å². The number of nitro benzene ring substituents is 1. The number of fused-ring (bicyclic) bond motifs is 1. The minimum atomic E-state index is -0.550. The van der Waals surface area contributed by atoms with Crippen LogP contribution in [0.5, 0.6) is 0 Å². The van der Waals surface area contributed by atoms with Crippen molar-refractivity contribution in [3.05, 3.63) is 69.0 Å². The van der Waals surface area contributed by atoms with Gasteiger partial charge in [0.15, 0.2) is 0 Å². The highest BCUT2D eigenvalue weighted by molar-refractivity contribution is 6.34.